The fourth-order valence-electron chi connectivity index (χ4n) is 4.08. The van der Waals surface area contributed by atoms with Crippen LogP contribution in [0.5, 0.6) is 0 Å². The summed E-state index contributed by atoms with van der Waals surface area (Å²) in [7, 11) is 0. The van der Waals surface area contributed by atoms with Crippen molar-refractivity contribution in [2.24, 2.45) is 0 Å². The molecule has 2 aliphatic heterocycles. The highest BCUT2D eigenvalue weighted by Crippen LogP contribution is 2.31. The Hall–Kier alpha value is -1.39. The smallest absolute Gasteiger partial charge is 0.248 e. The number of rotatable bonds is 6. The summed E-state index contributed by atoms with van der Waals surface area (Å²) < 4.78 is 5.34. The van der Waals surface area contributed by atoms with Gasteiger partial charge >= 0.3 is 0 Å². The van der Waals surface area contributed by atoms with Crippen LogP contribution in [0.15, 0.2) is 30.3 Å². The number of nitrogens with zero attached hydrogens (tertiary/aromatic N) is 2. The maximum atomic E-state index is 12.4. The summed E-state index contributed by atoms with van der Waals surface area (Å²) in [6.45, 7) is 5.81. The third-order valence-corrected chi connectivity index (χ3v) is 5.14. The average molecular weight is 316 g/mol. The van der Waals surface area contributed by atoms with Crippen LogP contribution in [0.25, 0.3) is 0 Å². The van der Waals surface area contributed by atoms with E-state index in [9.17, 15) is 4.79 Å². The predicted molar refractivity (Wildman–Crippen MR) is 91.1 cm³/mol. The summed E-state index contributed by atoms with van der Waals surface area (Å²) in [6.07, 6.45) is 4.70. The number of amides is 1. The van der Waals surface area contributed by atoms with Gasteiger partial charge in [0, 0.05) is 31.8 Å². The van der Waals surface area contributed by atoms with E-state index in [-0.39, 0.29) is 12.5 Å². The van der Waals surface area contributed by atoms with Crippen molar-refractivity contribution in [2.75, 3.05) is 26.3 Å². The molecule has 0 saturated carbocycles. The van der Waals surface area contributed by atoms with Gasteiger partial charge in [-0.05, 0) is 44.7 Å². The van der Waals surface area contributed by atoms with Crippen LogP contribution in [0, 0.1) is 0 Å². The van der Waals surface area contributed by atoms with Crippen LogP contribution in [0.4, 0.5) is 0 Å². The average Bonchev–Trinajstić information content (AvgIpc) is 3.22. The molecule has 0 N–H and O–H groups in total. The fourth-order valence-corrected chi connectivity index (χ4v) is 4.08. The zero-order valence-electron chi connectivity index (χ0n) is 14.1. The monoisotopic (exact) mass is 316 g/mol. The Bertz CT molecular complexity index is 505. The molecule has 1 aromatic rings. The molecule has 23 heavy (non-hydrogen) atoms. The largest absolute Gasteiger partial charge is 0.372 e. The Morgan fingerprint density at radius 1 is 1.13 bits per heavy atom. The molecule has 0 bridgehead atoms. The van der Waals surface area contributed by atoms with Gasteiger partial charge in [-0.1, -0.05) is 30.3 Å². The van der Waals surface area contributed by atoms with Crippen molar-refractivity contribution < 1.29 is 9.53 Å². The van der Waals surface area contributed by atoms with Crippen LogP contribution in [-0.2, 0) is 16.1 Å². The van der Waals surface area contributed by atoms with E-state index >= 15 is 0 Å². The van der Waals surface area contributed by atoms with Crippen molar-refractivity contribution in [1.29, 1.82) is 0 Å². The van der Waals surface area contributed by atoms with Gasteiger partial charge in [0.15, 0.2) is 0 Å². The summed E-state index contributed by atoms with van der Waals surface area (Å²) in [5.74, 6) is 0.168. The zero-order valence-corrected chi connectivity index (χ0v) is 14.1. The van der Waals surface area contributed by atoms with Gasteiger partial charge < -0.3 is 9.64 Å². The highest BCUT2D eigenvalue weighted by molar-refractivity contribution is 5.78. The maximum absolute atomic E-state index is 12.4. The lowest BCUT2D eigenvalue weighted by atomic mass is 10.0. The second kappa shape index (κ2) is 7.93. The Morgan fingerprint density at radius 2 is 1.87 bits per heavy atom. The van der Waals surface area contributed by atoms with E-state index in [1.165, 1.54) is 18.4 Å². The molecule has 2 saturated heterocycles. The molecule has 1 aromatic carbocycles. The maximum Gasteiger partial charge on any atom is 0.248 e. The van der Waals surface area contributed by atoms with Crippen molar-refractivity contribution in [1.82, 2.24) is 9.80 Å². The van der Waals surface area contributed by atoms with Crippen molar-refractivity contribution in [3.05, 3.63) is 35.9 Å². The lowest BCUT2D eigenvalue weighted by Gasteiger charge is -2.35. The van der Waals surface area contributed by atoms with Crippen LogP contribution < -0.4 is 0 Å². The molecule has 2 aliphatic rings. The Balaban J connectivity index is 1.65. The van der Waals surface area contributed by atoms with Crippen LogP contribution in [0.3, 0.4) is 0 Å². The van der Waals surface area contributed by atoms with Gasteiger partial charge in [-0.2, -0.15) is 0 Å². The van der Waals surface area contributed by atoms with Gasteiger partial charge in [0.1, 0.15) is 6.61 Å². The predicted octanol–water partition coefficient (Wildman–Crippen LogP) is 2.68. The fraction of sp³-hybridized carbons (Fsp3) is 0.632. The summed E-state index contributed by atoms with van der Waals surface area (Å²) in [5.41, 5.74) is 1.37. The molecular formula is C19H28N2O2. The van der Waals surface area contributed by atoms with Crippen LogP contribution in [0.2, 0.25) is 0 Å². The van der Waals surface area contributed by atoms with Gasteiger partial charge in [-0.3, -0.25) is 9.69 Å². The first-order chi connectivity index (χ1) is 11.3. The SMILES string of the molecule is CCOCC(=O)N1CCC[C@H]1[C@@H]1CCCN1Cc1ccccc1. The first-order valence-corrected chi connectivity index (χ1v) is 8.94. The molecule has 0 radical (unpaired) electrons. The number of carbonyl (C=O) groups is 1. The van der Waals surface area contributed by atoms with E-state index in [2.05, 4.69) is 40.1 Å². The minimum atomic E-state index is 0.168. The van der Waals surface area contributed by atoms with Crippen LogP contribution in [-0.4, -0.2) is 54.1 Å². The van der Waals surface area contributed by atoms with Crippen molar-refractivity contribution in [3.8, 4) is 0 Å². The van der Waals surface area contributed by atoms with Crippen LogP contribution in [0.1, 0.15) is 38.2 Å². The first kappa shape index (κ1) is 16.5. The number of benzene rings is 1. The quantitative estimate of drug-likeness (QED) is 0.809. The summed E-state index contributed by atoms with van der Waals surface area (Å²) >= 11 is 0. The van der Waals surface area contributed by atoms with E-state index in [0.29, 0.717) is 18.7 Å². The topological polar surface area (TPSA) is 32.8 Å². The Kier molecular flexibility index (Phi) is 5.68. The molecule has 0 aliphatic carbocycles. The molecule has 126 valence electrons. The summed E-state index contributed by atoms with van der Waals surface area (Å²) in [5, 5.41) is 0. The minimum absolute atomic E-state index is 0.168. The third kappa shape index (κ3) is 3.93. The molecular weight excluding hydrogens is 288 g/mol. The van der Waals surface area contributed by atoms with Gasteiger partial charge in [-0.15, -0.1) is 0 Å². The Labute approximate surface area is 139 Å². The van der Waals surface area contributed by atoms with E-state index < -0.39 is 0 Å². The number of likely N-dealkylation sites (tertiary alicyclic amines) is 2. The van der Waals surface area contributed by atoms with Crippen LogP contribution >= 0.6 is 0 Å². The van der Waals surface area contributed by atoms with Gasteiger partial charge in [0.25, 0.3) is 0 Å². The molecule has 2 fully saturated rings. The molecule has 4 nitrogen and oxygen atoms in total. The zero-order chi connectivity index (χ0) is 16.1. The molecule has 0 aromatic heterocycles. The highest BCUT2D eigenvalue weighted by Gasteiger charge is 2.39. The molecule has 3 rings (SSSR count). The van der Waals surface area contributed by atoms with E-state index in [1.807, 2.05) is 6.92 Å². The van der Waals surface area contributed by atoms with Crippen molar-refractivity contribution >= 4 is 5.91 Å². The standard InChI is InChI=1S/C19H28N2O2/c1-2-23-15-19(22)21-13-7-11-18(21)17-10-6-12-20(17)14-16-8-4-3-5-9-16/h3-5,8-9,17-18H,2,6-7,10-15H2,1H3/t17-,18-/m0/s1. The second-order valence-corrected chi connectivity index (χ2v) is 6.60. The number of ether oxygens (including phenoxy) is 1. The summed E-state index contributed by atoms with van der Waals surface area (Å²) in [6, 6.07) is 11.5. The molecule has 0 spiro atoms. The molecule has 2 heterocycles. The van der Waals surface area contributed by atoms with Gasteiger partial charge in [0.05, 0.1) is 0 Å². The number of hydrogen-bond acceptors (Lipinski definition) is 3. The second-order valence-electron chi connectivity index (χ2n) is 6.60. The summed E-state index contributed by atoms with van der Waals surface area (Å²) in [4.78, 5) is 17.1. The van der Waals surface area contributed by atoms with Gasteiger partial charge in [-0.25, -0.2) is 0 Å². The van der Waals surface area contributed by atoms with E-state index in [1.54, 1.807) is 0 Å². The normalized spacial score (nSPS) is 25.2. The highest BCUT2D eigenvalue weighted by atomic mass is 16.5. The van der Waals surface area contributed by atoms with E-state index in [4.69, 9.17) is 4.74 Å². The molecule has 0 unspecified atom stereocenters. The molecule has 2 atom stereocenters. The van der Waals surface area contributed by atoms with Crippen molar-refractivity contribution in [3.63, 3.8) is 0 Å². The lowest BCUT2D eigenvalue weighted by molar-refractivity contribution is -0.137. The Morgan fingerprint density at radius 3 is 2.65 bits per heavy atom. The van der Waals surface area contributed by atoms with Gasteiger partial charge in [0.2, 0.25) is 5.91 Å². The van der Waals surface area contributed by atoms with Crippen molar-refractivity contribution in [2.45, 2.75) is 51.2 Å². The lowest BCUT2D eigenvalue weighted by Crippen LogP contribution is -2.49. The molecule has 4 heteroatoms. The first-order valence-electron chi connectivity index (χ1n) is 8.94. The molecule has 1 amide bonds. The number of hydrogen-bond donors (Lipinski definition) is 0. The minimum Gasteiger partial charge on any atom is -0.372 e. The third-order valence-electron chi connectivity index (χ3n) is 5.14. The number of carbonyl (C=O) groups excluding carboxylic acids is 1. The van der Waals surface area contributed by atoms with E-state index in [0.717, 1.165) is 32.5 Å².